The Morgan fingerprint density at radius 3 is 2.26 bits per heavy atom. The maximum atomic E-state index is 12.5. The summed E-state index contributed by atoms with van der Waals surface area (Å²) < 4.78 is 6.69. The summed E-state index contributed by atoms with van der Waals surface area (Å²) in [5.41, 5.74) is 8.08. The van der Waals surface area contributed by atoms with Crippen LogP contribution in [0, 0.1) is 13.8 Å². The van der Waals surface area contributed by atoms with Crippen LogP contribution in [-0.2, 0) is 9.53 Å². The van der Waals surface area contributed by atoms with E-state index in [1.807, 2.05) is 26.0 Å². The Labute approximate surface area is 193 Å². The number of hydrogen-bond acceptors (Lipinski definition) is 5. The molecule has 31 heavy (non-hydrogen) atoms. The van der Waals surface area contributed by atoms with Gasteiger partial charge in [0.1, 0.15) is 10.4 Å². The first-order chi connectivity index (χ1) is 14.2. The number of alkyl halides is 2. The van der Waals surface area contributed by atoms with Gasteiger partial charge in [0.15, 0.2) is 0 Å². The average Bonchev–Trinajstić information content (AvgIpc) is 2.94. The molecule has 7 nitrogen and oxygen atoms in total. The van der Waals surface area contributed by atoms with Crippen molar-refractivity contribution in [3.63, 3.8) is 0 Å². The van der Waals surface area contributed by atoms with E-state index in [1.165, 1.54) is 4.68 Å². The molecular formula is C22H30Cl2N4O3. The summed E-state index contributed by atoms with van der Waals surface area (Å²) in [6, 6.07) is 7.26. The fraction of sp³-hybridized carbons (Fsp3) is 0.500. The molecule has 0 spiro atoms. The maximum Gasteiger partial charge on any atom is 0.435 e. The topological polar surface area (TPSA) is 99.2 Å². The molecule has 2 aromatic rings. The Morgan fingerprint density at radius 2 is 1.74 bits per heavy atom. The maximum absolute atomic E-state index is 12.5. The third kappa shape index (κ3) is 6.69. The molecule has 0 unspecified atom stereocenters. The minimum absolute atomic E-state index is 0.320. The molecule has 9 heteroatoms. The van der Waals surface area contributed by atoms with E-state index < -0.39 is 22.1 Å². The van der Waals surface area contributed by atoms with Gasteiger partial charge in [-0.3, -0.25) is 4.79 Å². The van der Waals surface area contributed by atoms with Crippen LogP contribution >= 0.6 is 23.2 Å². The first-order valence-electron chi connectivity index (χ1n) is 10.00. The highest BCUT2D eigenvalue weighted by Crippen LogP contribution is 2.29. The molecule has 1 aromatic carbocycles. The number of halogens is 2. The number of carbonyl (C=O) groups is 2. The van der Waals surface area contributed by atoms with Crippen molar-refractivity contribution in [3.8, 4) is 11.1 Å². The fourth-order valence-corrected chi connectivity index (χ4v) is 3.28. The number of carbonyl (C=O) groups excluding carboxylic acids is 2. The summed E-state index contributed by atoms with van der Waals surface area (Å²) in [6.45, 7) is 10.7. The van der Waals surface area contributed by atoms with Crippen molar-refractivity contribution in [3.05, 3.63) is 35.7 Å². The molecule has 0 saturated heterocycles. The third-order valence-electron chi connectivity index (χ3n) is 4.69. The smallest absolute Gasteiger partial charge is 0.435 e. The van der Waals surface area contributed by atoms with Gasteiger partial charge in [-0.1, -0.05) is 12.1 Å². The molecule has 1 atom stereocenters. The van der Waals surface area contributed by atoms with Crippen LogP contribution in [0.15, 0.2) is 24.3 Å². The number of benzene rings is 1. The van der Waals surface area contributed by atoms with Crippen molar-refractivity contribution in [2.24, 2.45) is 5.73 Å². The third-order valence-corrected chi connectivity index (χ3v) is 5.13. The Bertz CT molecular complexity index is 945. The van der Waals surface area contributed by atoms with Crippen molar-refractivity contribution in [1.29, 1.82) is 0 Å². The van der Waals surface area contributed by atoms with Crippen molar-refractivity contribution >= 4 is 40.9 Å². The van der Waals surface area contributed by atoms with Crippen molar-refractivity contribution < 1.29 is 14.3 Å². The summed E-state index contributed by atoms with van der Waals surface area (Å²) in [5, 5.41) is 7.16. The van der Waals surface area contributed by atoms with Gasteiger partial charge in [0, 0.05) is 11.3 Å². The zero-order valence-corrected chi connectivity index (χ0v) is 20.3. The average molecular weight is 469 g/mol. The van der Waals surface area contributed by atoms with Crippen LogP contribution in [0.1, 0.15) is 51.9 Å². The number of ether oxygens (including phenoxy) is 1. The quantitative estimate of drug-likeness (QED) is 0.568. The van der Waals surface area contributed by atoms with Crippen molar-refractivity contribution in [2.75, 3.05) is 5.32 Å². The van der Waals surface area contributed by atoms with Gasteiger partial charge in [0.2, 0.25) is 5.91 Å². The molecule has 170 valence electrons. The van der Waals surface area contributed by atoms with Gasteiger partial charge >= 0.3 is 6.09 Å². The summed E-state index contributed by atoms with van der Waals surface area (Å²) in [6.07, 6.45) is 0.251. The van der Waals surface area contributed by atoms with Crippen LogP contribution in [0.5, 0.6) is 0 Å². The summed E-state index contributed by atoms with van der Waals surface area (Å²) in [4.78, 5) is 24.4. The molecule has 0 fully saturated rings. The van der Waals surface area contributed by atoms with Crippen LogP contribution in [-0.4, -0.2) is 37.8 Å². The van der Waals surface area contributed by atoms with E-state index in [1.54, 1.807) is 39.8 Å². The molecule has 2 rings (SSSR count). The van der Waals surface area contributed by atoms with Gasteiger partial charge in [-0.15, -0.1) is 23.2 Å². The SMILES string of the molecule is Cc1nn(C(=O)OC(C)(C)C)c(C)c1-c1ccc(NC(=O)[C@@](C)(N)CCC(Cl)Cl)cc1. The van der Waals surface area contributed by atoms with E-state index in [-0.39, 0.29) is 5.91 Å². The van der Waals surface area contributed by atoms with Crippen LogP contribution in [0.25, 0.3) is 11.1 Å². The minimum Gasteiger partial charge on any atom is -0.442 e. The molecule has 1 amide bonds. The van der Waals surface area contributed by atoms with E-state index in [0.29, 0.717) is 29.9 Å². The second-order valence-corrected chi connectivity index (χ2v) is 10.1. The molecule has 0 aliphatic rings. The largest absolute Gasteiger partial charge is 0.442 e. The number of nitrogens with one attached hydrogen (secondary N) is 1. The van der Waals surface area contributed by atoms with Crippen LogP contribution in [0.2, 0.25) is 0 Å². The highest BCUT2D eigenvalue weighted by atomic mass is 35.5. The number of aromatic nitrogens is 2. The lowest BCUT2D eigenvalue weighted by atomic mass is 9.96. The van der Waals surface area contributed by atoms with Gasteiger partial charge in [-0.25, -0.2) is 4.79 Å². The van der Waals surface area contributed by atoms with Crippen molar-refractivity contribution in [1.82, 2.24) is 9.78 Å². The number of amides is 1. The fourth-order valence-electron chi connectivity index (χ4n) is 3.06. The number of nitrogens with two attached hydrogens (primary N) is 1. The van der Waals surface area contributed by atoms with Gasteiger partial charge in [-0.05, 0) is 72.1 Å². The highest BCUT2D eigenvalue weighted by Gasteiger charge is 2.29. The Balaban J connectivity index is 2.19. The lowest BCUT2D eigenvalue weighted by Crippen LogP contribution is -2.48. The summed E-state index contributed by atoms with van der Waals surface area (Å²) in [5.74, 6) is -0.320. The first-order valence-corrected chi connectivity index (χ1v) is 10.9. The van der Waals surface area contributed by atoms with Gasteiger partial charge in [-0.2, -0.15) is 9.78 Å². The first kappa shape index (κ1) is 25.2. The molecule has 0 radical (unpaired) electrons. The normalized spacial score (nSPS) is 13.7. The molecular weight excluding hydrogens is 439 g/mol. The Hall–Kier alpha value is -2.09. The predicted octanol–water partition coefficient (Wildman–Crippen LogP) is 5.19. The molecule has 3 N–H and O–H groups in total. The summed E-state index contributed by atoms with van der Waals surface area (Å²) in [7, 11) is 0. The second-order valence-electron chi connectivity index (χ2n) is 8.82. The van der Waals surface area contributed by atoms with E-state index in [2.05, 4.69) is 10.4 Å². The zero-order chi connectivity index (χ0) is 23.6. The molecule has 1 aromatic heterocycles. The monoisotopic (exact) mass is 468 g/mol. The van der Waals surface area contributed by atoms with Crippen LogP contribution in [0.4, 0.5) is 10.5 Å². The van der Waals surface area contributed by atoms with Gasteiger partial charge in [0.25, 0.3) is 0 Å². The van der Waals surface area contributed by atoms with Gasteiger partial charge < -0.3 is 15.8 Å². The van der Waals surface area contributed by atoms with Gasteiger partial charge in [0.05, 0.1) is 16.9 Å². The van der Waals surface area contributed by atoms with E-state index in [9.17, 15) is 9.59 Å². The van der Waals surface area contributed by atoms with E-state index in [4.69, 9.17) is 33.7 Å². The van der Waals surface area contributed by atoms with Crippen LogP contribution in [0.3, 0.4) is 0 Å². The highest BCUT2D eigenvalue weighted by molar-refractivity contribution is 6.44. The lowest BCUT2D eigenvalue weighted by Gasteiger charge is -2.23. The molecule has 0 saturated carbocycles. The number of rotatable bonds is 6. The number of anilines is 1. The molecule has 0 bridgehead atoms. The standard InChI is InChI=1S/C22H30Cl2N4O3/c1-13-18(14(2)28(27-13)20(30)31-21(3,4)5)15-7-9-16(10-8-15)26-19(29)22(6,25)12-11-17(23)24/h7-10,17H,11-12,25H2,1-6H3,(H,26,29)/t22-/m0/s1. The lowest BCUT2D eigenvalue weighted by molar-refractivity contribution is -0.120. The number of nitrogens with zero attached hydrogens (tertiary/aromatic N) is 2. The number of aryl methyl sites for hydroxylation is 1. The number of hydrogen-bond donors (Lipinski definition) is 2. The van der Waals surface area contributed by atoms with Crippen LogP contribution < -0.4 is 11.1 Å². The van der Waals surface area contributed by atoms with Crippen molar-refractivity contribution in [2.45, 2.75) is 70.4 Å². The van der Waals surface area contributed by atoms with E-state index >= 15 is 0 Å². The molecule has 0 aliphatic heterocycles. The Morgan fingerprint density at radius 1 is 1.16 bits per heavy atom. The van der Waals surface area contributed by atoms with E-state index in [0.717, 1.165) is 11.1 Å². The second kappa shape index (κ2) is 9.59. The molecule has 0 aliphatic carbocycles. The molecule has 1 heterocycles. The predicted molar refractivity (Wildman–Crippen MR) is 125 cm³/mol. The summed E-state index contributed by atoms with van der Waals surface area (Å²) >= 11 is 11.5. The minimum atomic E-state index is -1.09. The zero-order valence-electron chi connectivity index (χ0n) is 18.8. The Kier molecular flexibility index (Phi) is 7.79.